The van der Waals surface area contributed by atoms with Crippen LogP contribution in [0.3, 0.4) is 0 Å². The zero-order valence-corrected chi connectivity index (χ0v) is 13.5. The maximum Gasteiger partial charge on any atom is 0.145 e. The summed E-state index contributed by atoms with van der Waals surface area (Å²) in [5, 5.41) is 8.13. The van der Waals surface area contributed by atoms with E-state index in [9.17, 15) is 0 Å². The summed E-state index contributed by atoms with van der Waals surface area (Å²) >= 11 is 1.67. The van der Waals surface area contributed by atoms with Crippen molar-refractivity contribution in [2.75, 3.05) is 12.0 Å². The molecule has 0 saturated carbocycles. The highest BCUT2D eigenvalue weighted by atomic mass is 32.2. The van der Waals surface area contributed by atoms with E-state index in [1.807, 2.05) is 32.2 Å². The van der Waals surface area contributed by atoms with E-state index < -0.39 is 0 Å². The number of anilines is 1. The van der Waals surface area contributed by atoms with Crippen LogP contribution < -0.4 is 5.73 Å². The Morgan fingerprint density at radius 2 is 2.15 bits per heavy atom. The molecule has 0 aliphatic carbocycles. The molecule has 2 aromatic rings. The van der Waals surface area contributed by atoms with Gasteiger partial charge in [-0.2, -0.15) is 5.10 Å². The quantitative estimate of drug-likeness (QED) is 0.815. The summed E-state index contributed by atoms with van der Waals surface area (Å²) in [5.74, 6) is 0.830. The van der Waals surface area contributed by atoms with Gasteiger partial charge in [-0.15, -0.1) is 11.8 Å². The highest BCUT2D eigenvalue weighted by Crippen LogP contribution is 2.33. The van der Waals surface area contributed by atoms with Crippen molar-refractivity contribution in [2.24, 2.45) is 0 Å². The van der Waals surface area contributed by atoms with Crippen LogP contribution in [0.15, 0.2) is 29.4 Å². The van der Waals surface area contributed by atoms with Crippen LogP contribution in [0.5, 0.6) is 0 Å². The lowest BCUT2D eigenvalue weighted by Gasteiger charge is -2.17. The molecule has 0 fully saturated rings. The number of thioether (sulfide) groups is 1. The van der Waals surface area contributed by atoms with Gasteiger partial charge in [0.2, 0.25) is 0 Å². The maximum absolute atomic E-state index is 5.70. The molecule has 5 heteroatoms. The van der Waals surface area contributed by atoms with Crippen molar-refractivity contribution >= 4 is 17.6 Å². The fourth-order valence-corrected chi connectivity index (χ4v) is 2.75. The summed E-state index contributed by atoms with van der Waals surface area (Å²) in [6, 6.07) is 6.03. The second-order valence-electron chi connectivity index (χ2n) is 4.19. The number of hydrogen-bond donors (Lipinski definition) is 2. The van der Waals surface area contributed by atoms with Crippen LogP contribution in [-0.2, 0) is 0 Å². The lowest BCUT2D eigenvalue weighted by Crippen LogP contribution is -2.04. The van der Waals surface area contributed by atoms with Gasteiger partial charge in [-0.1, -0.05) is 33.3 Å². The van der Waals surface area contributed by atoms with E-state index >= 15 is 0 Å². The predicted molar refractivity (Wildman–Crippen MR) is 87.1 cm³/mol. The standard InChI is InChI=1S/C13H18N4S.C2H6/c1-3-5-9(11-8-12(14)17-16-11)10-6-4-7-15-13(10)18-2;1-2/h4,6-9H,3,5H2,1-2H3,(H3,14,16,17);1-2H3. The number of aromatic amines is 1. The molecule has 0 aliphatic heterocycles. The number of nitrogens with zero attached hydrogens (tertiary/aromatic N) is 2. The lowest BCUT2D eigenvalue weighted by atomic mass is 9.92. The molecule has 0 aromatic carbocycles. The molecule has 20 heavy (non-hydrogen) atoms. The van der Waals surface area contributed by atoms with Crippen molar-refractivity contribution < 1.29 is 0 Å². The molecule has 0 saturated heterocycles. The normalized spacial score (nSPS) is 11.6. The summed E-state index contributed by atoms with van der Waals surface area (Å²) in [6.45, 7) is 6.18. The number of rotatable bonds is 5. The lowest BCUT2D eigenvalue weighted by molar-refractivity contribution is 0.662. The van der Waals surface area contributed by atoms with E-state index in [1.165, 1.54) is 5.56 Å². The molecule has 0 amide bonds. The molecule has 0 bridgehead atoms. The predicted octanol–water partition coefficient (Wildman–Crippen LogP) is 4.07. The number of hydrogen-bond acceptors (Lipinski definition) is 4. The van der Waals surface area contributed by atoms with Gasteiger partial charge in [0.05, 0.1) is 5.03 Å². The number of nitrogens with two attached hydrogens (primary N) is 1. The number of nitrogen functional groups attached to an aromatic ring is 1. The largest absolute Gasteiger partial charge is 0.382 e. The van der Waals surface area contributed by atoms with Crippen molar-refractivity contribution in [1.29, 1.82) is 0 Å². The fraction of sp³-hybridized carbons (Fsp3) is 0.467. The first-order valence-electron chi connectivity index (χ1n) is 7.06. The second-order valence-corrected chi connectivity index (χ2v) is 4.99. The van der Waals surface area contributed by atoms with E-state index in [4.69, 9.17) is 5.73 Å². The van der Waals surface area contributed by atoms with Gasteiger partial charge in [-0.3, -0.25) is 5.10 Å². The molecular weight excluding hydrogens is 268 g/mol. The van der Waals surface area contributed by atoms with Crippen molar-refractivity contribution in [1.82, 2.24) is 15.2 Å². The molecule has 0 radical (unpaired) electrons. The Bertz CT molecular complexity index is 510. The topological polar surface area (TPSA) is 67.6 Å². The van der Waals surface area contributed by atoms with Gasteiger partial charge in [0, 0.05) is 23.9 Å². The summed E-state index contributed by atoms with van der Waals surface area (Å²) < 4.78 is 0. The van der Waals surface area contributed by atoms with Crippen molar-refractivity contribution in [2.45, 2.75) is 44.6 Å². The smallest absolute Gasteiger partial charge is 0.145 e. The third-order valence-corrected chi connectivity index (χ3v) is 3.67. The minimum atomic E-state index is 0.288. The monoisotopic (exact) mass is 292 g/mol. The van der Waals surface area contributed by atoms with Crippen molar-refractivity contribution in [3.8, 4) is 0 Å². The number of pyridine rings is 1. The first-order chi connectivity index (χ1) is 9.76. The highest BCUT2D eigenvalue weighted by Gasteiger charge is 2.19. The van der Waals surface area contributed by atoms with Crippen LogP contribution in [0.4, 0.5) is 5.82 Å². The van der Waals surface area contributed by atoms with Crippen LogP contribution >= 0.6 is 11.8 Å². The zero-order chi connectivity index (χ0) is 15.0. The third-order valence-electron chi connectivity index (χ3n) is 2.94. The Kier molecular flexibility index (Phi) is 7.15. The summed E-state index contributed by atoms with van der Waals surface area (Å²) in [6.07, 6.45) is 6.04. The average Bonchev–Trinajstić information content (AvgIpc) is 2.93. The van der Waals surface area contributed by atoms with E-state index in [1.54, 1.807) is 11.8 Å². The Labute approximate surface area is 125 Å². The zero-order valence-electron chi connectivity index (χ0n) is 12.7. The van der Waals surface area contributed by atoms with E-state index in [0.29, 0.717) is 5.82 Å². The molecule has 2 rings (SSSR count). The van der Waals surface area contributed by atoms with Crippen LogP contribution in [0.2, 0.25) is 0 Å². The first kappa shape index (κ1) is 16.6. The fourth-order valence-electron chi connectivity index (χ4n) is 2.14. The molecule has 2 heterocycles. The number of H-pyrrole nitrogens is 1. The Hall–Kier alpha value is -1.49. The van der Waals surface area contributed by atoms with E-state index in [0.717, 1.165) is 23.6 Å². The SMILES string of the molecule is CC.CCCC(c1cc(N)n[nH]1)c1cccnc1SC. The number of nitrogens with one attached hydrogen (secondary N) is 1. The van der Waals surface area contributed by atoms with Crippen LogP contribution in [0.25, 0.3) is 0 Å². The van der Waals surface area contributed by atoms with Crippen molar-refractivity contribution in [3.05, 3.63) is 35.7 Å². The van der Waals surface area contributed by atoms with Gasteiger partial charge in [-0.05, 0) is 24.3 Å². The van der Waals surface area contributed by atoms with Crippen LogP contribution in [0, 0.1) is 0 Å². The molecule has 0 spiro atoms. The Morgan fingerprint density at radius 1 is 1.40 bits per heavy atom. The minimum absolute atomic E-state index is 0.288. The maximum atomic E-state index is 5.70. The second kappa shape index (κ2) is 8.64. The van der Waals surface area contributed by atoms with Gasteiger partial charge >= 0.3 is 0 Å². The van der Waals surface area contributed by atoms with Gasteiger partial charge in [0.1, 0.15) is 5.82 Å². The molecule has 4 nitrogen and oxygen atoms in total. The van der Waals surface area contributed by atoms with E-state index in [-0.39, 0.29) is 5.92 Å². The molecule has 3 N–H and O–H groups in total. The summed E-state index contributed by atoms with van der Waals surface area (Å²) in [7, 11) is 0. The molecule has 1 unspecified atom stereocenters. The van der Waals surface area contributed by atoms with Gasteiger partial charge < -0.3 is 5.73 Å². The van der Waals surface area contributed by atoms with Crippen LogP contribution in [-0.4, -0.2) is 21.4 Å². The van der Waals surface area contributed by atoms with E-state index in [2.05, 4.69) is 34.4 Å². The Morgan fingerprint density at radius 3 is 2.70 bits per heavy atom. The minimum Gasteiger partial charge on any atom is -0.382 e. The summed E-state index contributed by atoms with van der Waals surface area (Å²) in [5.41, 5.74) is 8.01. The Balaban J connectivity index is 0.000000956. The molecule has 0 aliphatic rings. The third kappa shape index (κ3) is 4.00. The first-order valence-corrected chi connectivity index (χ1v) is 8.28. The summed E-state index contributed by atoms with van der Waals surface area (Å²) in [4.78, 5) is 4.43. The van der Waals surface area contributed by atoms with Crippen molar-refractivity contribution in [3.63, 3.8) is 0 Å². The van der Waals surface area contributed by atoms with Gasteiger partial charge in [-0.25, -0.2) is 4.98 Å². The molecule has 2 aromatic heterocycles. The highest BCUT2D eigenvalue weighted by molar-refractivity contribution is 7.98. The van der Waals surface area contributed by atoms with Crippen LogP contribution in [0.1, 0.15) is 50.8 Å². The average molecular weight is 292 g/mol. The number of aromatic nitrogens is 3. The molecule has 110 valence electrons. The molecular formula is C15H24N4S. The molecule has 1 atom stereocenters. The van der Waals surface area contributed by atoms with Gasteiger partial charge in [0.25, 0.3) is 0 Å². The van der Waals surface area contributed by atoms with Gasteiger partial charge in [0.15, 0.2) is 0 Å².